The van der Waals surface area contributed by atoms with E-state index in [1.165, 1.54) is 11.1 Å². The smallest absolute Gasteiger partial charge is 0.246 e. The second-order valence-corrected chi connectivity index (χ2v) is 22.6. The first-order chi connectivity index (χ1) is 33.2. The molecule has 0 spiro atoms. The average molecular weight is 969 g/mol. The highest BCUT2D eigenvalue weighted by Gasteiger charge is 2.42. The summed E-state index contributed by atoms with van der Waals surface area (Å²) >= 11 is 0. The van der Waals surface area contributed by atoms with E-state index in [1.54, 1.807) is 7.05 Å². The number of ketones is 1. The fourth-order valence-corrected chi connectivity index (χ4v) is 9.96. The molecule has 2 aromatic rings. The van der Waals surface area contributed by atoms with Gasteiger partial charge in [0.05, 0.1) is 6.04 Å². The summed E-state index contributed by atoms with van der Waals surface area (Å²) in [6.07, 6.45) is 12.0. The van der Waals surface area contributed by atoms with Crippen LogP contribution in [-0.2, 0) is 41.6 Å². The molecule has 12 heteroatoms. The molecule has 70 heavy (non-hydrogen) atoms. The van der Waals surface area contributed by atoms with Crippen LogP contribution in [0.4, 0.5) is 0 Å². The van der Waals surface area contributed by atoms with Gasteiger partial charge in [0, 0.05) is 82.5 Å². The molecule has 2 aliphatic rings. The number of nitrogens with zero attached hydrogens (tertiary/aromatic N) is 4. The van der Waals surface area contributed by atoms with E-state index >= 15 is 0 Å². The molecule has 2 aromatic carbocycles. The number of carbonyl (C=O) groups is 6. The first-order valence-electron chi connectivity index (χ1n) is 27.0. The van der Waals surface area contributed by atoms with Crippen LogP contribution in [0, 0.1) is 22.7 Å². The summed E-state index contributed by atoms with van der Waals surface area (Å²) in [7, 11) is 1.77. The quantitative estimate of drug-likeness (QED) is 0.0812. The summed E-state index contributed by atoms with van der Waals surface area (Å²) in [5.41, 5.74) is 1.48. The largest absolute Gasteiger partial charge is 0.344 e. The molecule has 4 rings (SSSR count). The number of likely N-dealkylation sites (N-methyl/N-ethyl adjacent to an activating group) is 1. The highest BCUT2D eigenvalue weighted by molar-refractivity contribution is 5.91. The van der Waals surface area contributed by atoms with Crippen LogP contribution in [0.5, 0.6) is 0 Å². The molecule has 0 radical (unpaired) electrons. The first kappa shape index (κ1) is 58.0. The van der Waals surface area contributed by atoms with E-state index in [0.29, 0.717) is 58.5 Å². The maximum absolute atomic E-state index is 14.3. The predicted octanol–water partition coefficient (Wildman–Crippen LogP) is 9.04. The molecule has 0 aromatic heterocycles. The molecule has 5 amide bonds. The molecule has 6 atom stereocenters. The highest BCUT2D eigenvalue weighted by atomic mass is 16.2. The number of hydrogen-bond acceptors (Lipinski definition) is 7. The lowest BCUT2D eigenvalue weighted by Crippen LogP contribution is -2.57. The van der Waals surface area contributed by atoms with Crippen molar-refractivity contribution in [1.82, 2.24) is 30.2 Å². The molecule has 2 aliphatic heterocycles. The summed E-state index contributed by atoms with van der Waals surface area (Å²) in [5.74, 6) is -0.499. The van der Waals surface area contributed by atoms with Crippen LogP contribution in [0.25, 0.3) is 0 Å². The van der Waals surface area contributed by atoms with Gasteiger partial charge < -0.3 is 30.2 Å². The van der Waals surface area contributed by atoms with Gasteiger partial charge in [-0.15, -0.1) is 0 Å². The van der Waals surface area contributed by atoms with E-state index in [0.717, 1.165) is 77.0 Å². The van der Waals surface area contributed by atoms with Crippen molar-refractivity contribution in [2.75, 3.05) is 46.3 Å². The summed E-state index contributed by atoms with van der Waals surface area (Å²) in [6, 6.07) is 19.3. The van der Waals surface area contributed by atoms with Gasteiger partial charge in [0.2, 0.25) is 29.5 Å². The van der Waals surface area contributed by atoms with Crippen molar-refractivity contribution < 1.29 is 28.8 Å². The van der Waals surface area contributed by atoms with Crippen molar-refractivity contribution >= 4 is 35.3 Å². The van der Waals surface area contributed by atoms with E-state index in [9.17, 15) is 28.8 Å². The third-order valence-electron chi connectivity index (χ3n) is 15.1. The van der Waals surface area contributed by atoms with Crippen LogP contribution in [0.15, 0.2) is 60.7 Å². The van der Waals surface area contributed by atoms with Gasteiger partial charge in [0.25, 0.3) is 0 Å². The van der Waals surface area contributed by atoms with Crippen LogP contribution in [0.2, 0.25) is 0 Å². The number of likely N-dealkylation sites (tertiary alicyclic amines) is 2. The molecule has 2 N–H and O–H groups in total. The molecular formula is C58H92N6O6. The van der Waals surface area contributed by atoms with E-state index in [4.69, 9.17) is 0 Å². The Morgan fingerprint density at radius 3 is 1.50 bits per heavy atom. The van der Waals surface area contributed by atoms with Crippen molar-refractivity contribution in [3.05, 3.63) is 71.8 Å². The number of Topliss-reactive ketones (excluding diaryl/α,β-unsaturated/α-hetero) is 1. The average Bonchev–Trinajstić information content (AvgIpc) is 4.01. The second-order valence-electron chi connectivity index (χ2n) is 22.6. The molecule has 390 valence electrons. The summed E-state index contributed by atoms with van der Waals surface area (Å²) in [6.45, 7) is 21.2. The lowest BCUT2D eigenvalue weighted by molar-refractivity contribution is -0.144. The zero-order valence-electron chi connectivity index (χ0n) is 45.0. The zero-order valence-corrected chi connectivity index (χ0v) is 45.0. The van der Waals surface area contributed by atoms with E-state index < -0.39 is 17.4 Å². The minimum atomic E-state index is -0.649. The minimum Gasteiger partial charge on any atom is -0.344 e. The molecule has 0 saturated carbocycles. The van der Waals surface area contributed by atoms with Gasteiger partial charge in [-0.3, -0.25) is 28.8 Å². The van der Waals surface area contributed by atoms with Crippen LogP contribution < -0.4 is 10.6 Å². The fourth-order valence-electron chi connectivity index (χ4n) is 9.96. The lowest BCUT2D eigenvalue weighted by Gasteiger charge is -2.37. The van der Waals surface area contributed by atoms with Crippen molar-refractivity contribution in [2.24, 2.45) is 22.7 Å². The molecule has 2 heterocycles. The number of nitrogens with one attached hydrogen (secondary N) is 2. The van der Waals surface area contributed by atoms with E-state index in [2.05, 4.69) is 34.9 Å². The van der Waals surface area contributed by atoms with Crippen molar-refractivity contribution in [3.8, 4) is 0 Å². The SMILES string of the molecule is CC[C@@H](C)C(=O)N[C@H](C(=O)N1CCC[C@H]1CN(CCc1ccccc1)C(=O)CCCCCCCCC(=O)N(CCc1ccccc1)C[C@@H]1CCCN1C(=O)[C@@H](CC(=O)[C@H](C)NC)C(C)(C)C)C(C)(C)C. The van der Waals surface area contributed by atoms with Gasteiger partial charge in [-0.25, -0.2) is 0 Å². The van der Waals surface area contributed by atoms with Gasteiger partial charge in [0.15, 0.2) is 0 Å². The van der Waals surface area contributed by atoms with E-state index in [-0.39, 0.29) is 71.2 Å². The van der Waals surface area contributed by atoms with Crippen molar-refractivity contribution in [3.63, 3.8) is 0 Å². The molecular weight excluding hydrogens is 877 g/mol. The molecule has 2 saturated heterocycles. The molecule has 0 bridgehead atoms. The first-order valence-corrected chi connectivity index (χ1v) is 27.0. The Balaban J connectivity index is 1.31. The highest BCUT2D eigenvalue weighted by Crippen LogP contribution is 2.34. The fraction of sp³-hybridized carbons (Fsp3) is 0.690. The Morgan fingerprint density at radius 1 is 0.643 bits per heavy atom. The Kier molecular flexibility index (Phi) is 23.6. The van der Waals surface area contributed by atoms with Crippen LogP contribution in [-0.4, -0.2) is 125 Å². The van der Waals surface area contributed by atoms with Gasteiger partial charge in [0.1, 0.15) is 11.8 Å². The number of rotatable bonds is 28. The standard InChI is InChI=1S/C58H92N6O6/c1-11-43(2)54(68)60-53(58(7,8)9)56(70)64-37-25-31-48(64)42-62(39-35-46-28-20-17-21-29-46)52(67)33-23-15-13-12-14-22-32-51(66)61(38-34-45-26-18-16-19-27-45)41-47-30-24-36-63(47)55(69)49(57(4,5)6)40-50(65)44(3)59-10/h16-21,26-29,43-44,47-49,53,59H,11-15,22-25,30-42H2,1-10H3,(H,60,68)/t43-,44+,47+,48+,49-,53-/m1/s1. The number of carbonyl (C=O) groups excluding carboxylic acids is 6. The van der Waals surface area contributed by atoms with Crippen LogP contribution >= 0.6 is 0 Å². The molecule has 12 nitrogen and oxygen atoms in total. The van der Waals surface area contributed by atoms with Gasteiger partial charge in [-0.05, 0) is 93.7 Å². The number of benzene rings is 2. The summed E-state index contributed by atoms with van der Waals surface area (Å²) < 4.78 is 0. The maximum atomic E-state index is 14.3. The van der Waals surface area contributed by atoms with Gasteiger partial charge in [-0.2, -0.15) is 0 Å². The number of unbranched alkanes of at least 4 members (excludes halogenated alkanes) is 5. The van der Waals surface area contributed by atoms with Crippen LogP contribution in [0.1, 0.15) is 163 Å². The Hall–Kier alpha value is -4.58. The Bertz CT molecular complexity index is 1810. The van der Waals surface area contributed by atoms with Gasteiger partial charge in [-0.1, -0.05) is 142 Å². The number of amides is 5. The van der Waals surface area contributed by atoms with Crippen molar-refractivity contribution in [1.29, 1.82) is 0 Å². The zero-order chi connectivity index (χ0) is 51.4. The Morgan fingerprint density at radius 2 is 1.09 bits per heavy atom. The third kappa shape index (κ3) is 18.2. The third-order valence-corrected chi connectivity index (χ3v) is 15.1. The van der Waals surface area contributed by atoms with Gasteiger partial charge >= 0.3 is 0 Å². The topological polar surface area (TPSA) is 139 Å². The van der Waals surface area contributed by atoms with Crippen LogP contribution in [0.3, 0.4) is 0 Å². The van der Waals surface area contributed by atoms with E-state index in [1.807, 2.05) is 118 Å². The molecule has 0 aliphatic carbocycles. The molecule has 2 fully saturated rings. The normalized spacial score (nSPS) is 18.0. The summed E-state index contributed by atoms with van der Waals surface area (Å²) in [4.78, 5) is 90.4. The minimum absolute atomic E-state index is 0.0191. The maximum Gasteiger partial charge on any atom is 0.246 e. The monoisotopic (exact) mass is 969 g/mol. The summed E-state index contributed by atoms with van der Waals surface area (Å²) in [5, 5.41) is 6.11. The predicted molar refractivity (Wildman–Crippen MR) is 282 cm³/mol. The lowest BCUT2D eigenvalue weighted by atomic mass is 9.76. The molecule has 0 unspecified atom stereocenters. The Labute approximate surface area is 422 Å². The van der Waals surface area contributed by atoms with Crippen molar-refractivity contribution in [2.45, 2.75) is 189 Å². The number of hydrogen-bond donors (Lipinski definition) is 2. The second kappa shape index (κ2) is 28.5.